The van der Waals surface area contributed by atoms with Gasteiger partial charge >= 0.3 is 0 Å². The molecule has 5 rings (SSSR count). The number of nitrogens with zero attached hydrogens (tertiary/aromatic N) is 1. The Morgan fingerprint density at radius 1 is 0.519 bits per heavy atom. The summed E-state index contributed by atoms with van der Waals surface area (Å²) in [6.45, 7) is 34.2. The number of pyridine rings is 1. The van der Waals surface area contributed by atoms with Crippen LogP contribution >= 0.6 is 17.8 Å². The van der Waals surface area contributed by atoms with E-state index in [0.29, 0.717) is 5.75 Å². The molecule has 0 saturated carbocycles. The standard InChI is InChI=1S/C46H59NO3P2/c1-28-21-23-32(24-22-28)51-49-41-35(45(10,11)12)26-33(43(4,5)6)29(2)38(41)39-30(3)34(44(7,8)9)27-36(46(13,14)15)42(39)50-52-48-37-20-16-18-31-19-17-25-47-40(31)37/h16-27,51-52H,1-15H3. The van der Waals surface area contributed by atoms with Gasteiger partial charge in [0.15, 0.2) is 5.75 Å². The van der Waals surface area contributed by atoms with Crippen LogP contribution in [0.1, 0.15) is 122 Å². The molecule has 4 nitrogen and oxygen atoms in total. The first-order valence-electron chi connectivity index (χ1n) is 18.4. The maximum Gasteiger partial charge on any atom is 0.275 e. The normalized spacial score (nSPS) is 13.1. The van der Waals surface area contributed by atoms with Crippen LogP contribution in [0.25, 0.3) is 22.0 Å². The van der Waals surface area contributed by atoms with Crippen LogP contribution < -0.4 is 18.9 Å². The van der Waals surface area contributed by atoms with E-state index in [9.17, 15) is 0 Å². The Kier molecular flexibility index (Phi) is 11.3. The smallest absolute Gasteiger partial charge is 0.275 e. The maximum absolute atomic E-state index is 7.14. The van der Waals surface area contributed by atoms with Gasteiger partial charge in [0.05, 0.1) is 0 Å². The number of fused-ring (bicyclic) bond motifs is 1. The molecule has 0 fully saturated rings. The zero-order valence-corrected chi connectivity index (χ0v) is 36.1. The van der Waals surface area contributed by atoms with Crippen LogP contribution in [-0.2, 0) is 21.7 Å². The van der Waals surface area contributed by atoms with Crippen molar-refractivity contribution >= 4 is 34.0 Å². The first-order chi connectivity index (χ1) is 24.1. The topological polar surface area (TPSA) is 40.6 Å². The number of hydrogen-bond acceptors (Lipinski definition) is 4. The largest absolute Gasteiger partial charge is 0.471 e. The Balaban J connectivity index is 1.84. The Bertz CT molecular complexity index is 2070. The number of para-hydroxylation sites is 1. The quantitative estimate of drug-likeness (QED) is 0.149. The summed E-state index contributed by atoms with van der Waals surface area (Å²) in [6.07, 6.45) is 1.81. The van der Waals surface area contributed by atoms with Gasteiger partial charge in [-0.2, -0.15) is 0 Å². The summed E-state index contributed by atoms with van der Waals surface area (Å²) >= 11 is 0. The van der Waals surface area contributed by atoms with E-state index < -0.39 is 0 Å². The molecule has 0 spiro atoms. The molecule has 276 valence electrons. The minimum atomic E-state index is -0.289. The predicted octanol–water partition coefficient (Wildman–Crippen LogP) is 13.3. The number of aromatic nitrogens is 1. The van der Waals surface area contributed by atoms with Crippen LogP contribution in [-0.4, -0.2) is 4.98 Å². The van der Waals surface area contributed by atoms with E-state index in [2.05, 4.69) is 157 Å². The van der Waals surface area contributed by atoms with E-state index in [1.54, 1.807) is 6.20 Å². The van der Waals surface area contributed by atoms with Gasteiger partial charge in [-0.15, -0.1) is 0 Å². The van der Waals surface area contributed by atoms with Gasteiger partial charge in [-0.1, -0.05) is 143 Å². The second-order valence-electron chi connectivity index (χ2n) is 18.3. The van der Waals surface area contributed by atoms with Gasteiger partial charge in [0.25, 0.3) is 9.03 Å². The van der Waals surface area contributed by atoms with E-state index >= 15 is 0 Å². The Labute approximate surface area is 317 Å². The van der Waals surface area contributed by atoms with E-state index in [0.717, 1.165) is 39.1 Å². The second-order valence-corrected chi connectivity index (χ2v) is 19.9. The molecular formula is C46H59NO3P2. The molecule has 0 N–H and O–H groups in total. The van der Waals surface area contributed by atoms with Gasteiger partial charge in [0.1, 0.15) is 25.8 Å². The molecule has 4 aromatic carbocycles. The zero-order chi connectivity index (χ0) is 38.4. The third-order valence-electron chi connectivity index (χ3n) is 9.77. The summed E-state index contributed by atoms with van der Waals surface area (Å²) in [5, 5.41) is 2.20. The fourth-order valence-corrected chi connectivity index (χ4v) is 8.33. The van der Waals surface area contributed by atoms with Gasteiger partial charge in [0.2, 0.25) is 0 Å². The third-order valence-corrected chi connectivity index (χ3v) is 11.2. The highest BCUT2D eigenvalue weighted by Gasteiger charge is 2.35. The highest BCUT2D eigenvalue weighted by molar-refractivity contribution is 7.42. The number of rotatable bonds is 8. The molecule has 0 aliphatic heterocycles. The molecule has 2 unspecified atom stereocenters. The molecule has 6 heteroatoms. The van der Waals surface area contributed by atoms with Crippen LogP contribution in [0.15, 0.2) is 72.9 Å². The molecule has 1 heterocycles. The average Bonchev–Trinajstić information content (AvgIpc) is 3.03. The van der Waals surface area contributed by atoms with Gasteiger partial charge in [0, 0.05) is 39.1 Å². The van der Waals surface area contributed by atoms with Crippen molar-refractivity contribution in [2.24, 2.45) is 0 Å². The van der Waals surface area contributed by atoms with Gasteiger partial charge in [-0.3, -0.25) is 4.98 Å². The maximum atomic E-state index is 7.14. The lowest BCUT2D eigenvalue weighted by Gasteiger charge is -2.35. The van der Waals surface area contributed by atoms with Crippen LogP contribution in [0.2, 0.25) is 0 Å². The number of aryl methyl sites for hydroxylation is 1. The summed E-state index contributed by atoms with van der Waals surface area (Å²) in [6, 6.07) is 23.5. The van der Waals surface area contributed by atoms with E-state index in [4.69, 9.17) is 13.6 Å². The molecule has 5 aromatic rings. The van der Waals surface area contributed by atoms with Crippen LogP contribution in [0.3, 0.4) is 0 Å². The molecule has 0 aliphatic carbocycles. The van der Waals surface area contributed by atoms with Crippen LogP contribution in [0.5, 0.6) is 17.2 Å². The van der Waals surface area contributed by atoms with Gasteiger partial charge in [-0.05, 0) is 76.8 Å². The van der Waals surface area contributed by atoms with Crippen molar-refractivity contribution in [3.05, 3.63) is 112 Å². The predicted molar refractivity (Wildman–Crippen MR) is 227 cm³/mol. The minimum Gasteiger partial charge on any atom is -0.471 e. The lowest BCUT2D eigenvalue weighted by molar-refractivity contribution is 0.491. The third kappa shape index (κ3) is 8.51. The summed E-state index contributed by atoms with van der Waals surface area (Å²) in [7, 11) is -0.146. The summed E-state index contributed by atoms with van der Waals surface area (Å²) < 4.78 is 20.6. The van der Waals surface area contributed by atoms with Gasteiger partial charge < -0.3 is 13.6 Å². The van der Waals surface area contributed by atoms with Crippen molar-refractivity contribution in [3.8, 4) is 28.4 Å². The molecule has 52 heavy (non-hydrogen) atoms. The number of benzene rings is 4. The second kappa shape index (κ2) is 14.8. The fraction of sp³-hybridized carbons (Fsp3) is 0.413. The molecule has 0 aliphatic rings. The van der Waals surface area contributed by atoms with E-state index in [1.807, 2.05) is 18.2 Å². The lowest BCUT2D eigenvalue weighted by Crippen LogP contribution is -2.22. The Morgan fingerprint density at radius 2 is 1.00 bits per heavy atom. The van der Waals surface area contributed by atoms with Crippen molar-refractivity contribution in [2.75, 3.05) is 0 Å². The Hall–Kier alpha value is -3.45. The van der Waals surface area contributed by atoms with Crippen LogP contribution in [0, 0.1) is 20.8 Å². The SMILES string of the molecule is Cc1ccc(POc2c(C(C)(C)C)cc(C(C)(C)C)c(C)c2-c2c(C)c(C(C)(C)C)cc(C(C)(C)C)c2OPOc2cccc3cccnc23)cc1. The first-order valence-corrected chi connectivity index (χ1v) is 20.1. The Morgan fingerprint density at radius 3 is 1.50 bits per heavy atom. The van der Waals surface area contributed by atoms with Crippen LogP contribution in [0.4, 0.5) is 0 Å². The minimum absolute atomic E-state index is 0.105. The number of hydrogen-bond donors (Lipinski definition) is 0. The molecule has 0 saturated heterocycles. The average molecular weight is 736 g/mol. The molecule has 0 radical (unpaired) electrons. The van der Waals surface area contributed by atoms with Crippen molar-refractivity contribution in [1.82, 2.24) is 4.98 Å². The molecule has 1 aromatic heterocycles. The summed E-state index contributed by atoms with van der Waals surface area (Å²) in [4.78, 5) is 4.63. The van der Waals surface area contributed by atoms with E-state index in [1.165, 1.54) is 38.7 Å². The molecule has 0 bridgehead atoms. The zero-order valence-electron chi connectivity index (χ0n) is 34.1. The highest BCUT2D eigenvalue weighted by atomic mass is 31.1. The van der Waals surface area contributed by atoms with Crippen molar-refractivity contribution in [3.63, 3.8) is 0 Å². The lowest BCUT2D eigenvalue weighted by atomic mass is 9.72. The summed E-state index contributed by atoms with van der Waals surface area (Å²) in [5.41, 5.74) is 11.0. The van der Waals surface area contributed by atoms with Crippen molar-refractivity contribution in [1.29, 1.82) is 0 Å². The fourth-order valence-electron chi connectivity index (χ4n) is 7.00. The first kappa shape index (κ1) is 39.8. The van der Waals surface area contributed by atoms with Crippen molar-refractivity contribution < 1.29 is 13.6 Å². The molecular weight excluding hydrogens is 676 g/mol. The molecule has 2 atom stereocenters. The summed E-state index contributed by atoms with van der Waals surface area (Å²) in [5.74, 6) is 2.49. The highest BCUT2D eigenvalue weighted by Crippen LogP contribution is 2.54. The van der Waals surface area contributed by atoms with Crippen molar-refractivity contribution in [2.45, 2.75) is 126 Å². The van der Waals surface area contributed by atoms with Gasteiger partial charge in [-0.25, -0.2) is 0 Å². The monoisotopic (exact) mass is 735 g/mol. The molecule has 0 amide bonds. The van der Waals surface area contributed by atoms with E-state index in [-0.39, 0.29) is 39.5 Å².